The third kappa shape index (κ3) is 1.76. The van der Waals surface area contributed by atoms with Gasteiger partial charge in [0.25, 0.3) is 0 Å². The van der Waals surface area contributed by atoms with Crippen LogP contribution in [0.2, 0.25) is 0 Å². The van der Waals surface area contributed by atoms with E-state index in [1.807, 2.05) is 0 Å². The molecule has 0 aliphatic heterocycles. The molecular weight excluding hydrogens is 192 g/mol. The lowest BCUT2D eigenvalue weighted by Crippen LogP contribution is -2.15. The van der Waals surface area contributed by atoms with E-state index in [-0.39, 0.29) is 0 Å². The van der Waals surface area contributed by atoms with Gasteiger partial charge in [-0.15, -0.1) is 0 Å². The molecule has 1 aromatic rings. The first-order valence-corrected chi connectivity index (χ1v) is 5.41. The number of fused-ring (bicyclic) bond motifs is 1. The van der Waals surface area contributed by atoms with Gasteiger partial charge in [-0.2, -0.15) is 5.10 Å². The highest BCUT2D eigenvalue weighted by Crippen LogP contribution is 2.25. The summed E-state index contributed by atoms with van der Waals surface area (Å²) in [5, 5.41) is 13.6. The number of hydrogen-bond acceptors (Lipinski definition) is 2. The normalized spacial score (nSPS) is 14.6. The molecule has 15 heavy (non-hydrogen) atoms. The van der Waals surface area contributed by atoms with E-state index in [0.717, 1.165) is 30.5 Å². The van der Waals surface area contributed by atoms with Crippen LogP contribution < -0.4 is 0 Å². The molecule has 2 rings (SSSR count). The van der Waals surface area contributed by atoms with E-state index in [4.69, 9.17) is 0 Å². The molecule has 0 saturated carbocycles. The van der Waals surface area contributed by atoms with Crippen LogP contribution in [0.3, 0.4) is 0 Å². The third-order valence-corrected chi connectivity index (χ3v) is 2.71. The van der Waals surface area contributed by atoms with Crippen LogP contribution in [0, 0.1) is 5.92 Å². The molecule has 1 aliphatic rings. The monoisotopic (exact) mass is 208 g/mol. The van der Waals surface area contributed by atoms with Crippen molar-refractivity contribution in [3.63, 3.8) is 0 Å². The van der Waals surface area contributed by atoms with Crippen LogP contribution in [0.1, 0.15) is 42.0 Å². The highest BCUT2D eigenvalue weighted by molar-refractivity contribution is 5.88. The Kier molecular flexibility index (Phi) is 2.50. The Hall–Kier alpha value is -1.32. The van der Waals surface area contributed by atoms with Crippen LogP contribution in [0.25, 0.3) is 0 Å². The second-order valence-corrected chi connectivity index (χ2v) is 4.51. The summed E-state index contributed by atoms with van der Waals surface area (Å²) in [6.45, 7) is 4.82. The van der Waals surface area contributed by atoms with E-state index >= 15 is 0 Å². The highest BCUT2D eigenvalue weighted by atomic mass is 16.4. The lowest BCUT2D eigenvalue weighted by molar-refractivity contribution is 0.0681. The predicted octanol–water partition coefficient (Wildman–Crippen LogP) is 1.73. The first-order chi connectivity index (χ1) is 7.09. The van der Waals surface area contributed by atoms with Gasteiger partial charge in [-0.05, 0) is 25.2 Å². The summed E-state index contributed by atoms with van der Waals surface area (Å²) in [5.41, 5.74) is 2.37. The number of aryl methyl sites for hydroxylation is 1. The van der Waals surface area contributed by atoms with Crippen LogP contribution in [-0.2, 0) is 19.4 Å². The van der Waals surface area contributed by atoms with Gasteiger partial charge in [0, 0.05) is 12.1 Å². The van der Waals surface area contributed by atoms with Crippen molar-refractivity contribution in [2.24, 2.45) is 5.92 Å². The fourth-order valence-electron chi connectivity index (χ4n) is 2.16. The van der Waals surface area contributed by atoms with Gasteiger partial charge in [0.2, 0.25) is 0 Å². The van der Waals surface area contributed by atoms with E-state index in [2.05, 4.69) is 18.9 Å². The molecule has 0 spiro atoms. The topological polar surface area (TPSA) is 55.1 Å². The zero-order valence-corrected chi connectivity index (χ0v) is 9.16. The number of carboxylic acid groups (broad SMARTS) is 1. The van der Waals surface area contributed by atoms with Crippen LogP contribution >= 0.6 is 0 Å². The van der Waals surface area contributed by atoms with Gasteiger partial charge in [0.15, 0.2) is 0 Å². The molecule has 0 unspecified atom stereocenters. The van der Waals surface area contributed by atoms with Crippen molar-refractivity contribution >= 4 is 5.97 Å². The first kappa shape index (κ1) is 10.2. The fraction of sp³-hybridized carbons (Fsp3) is 0.636. The maximum atomic E-state index is 11.2. The Morgan fingerprint density at radius 1 is 1.53 bits per heavy atom. The molecule has 0 fully saturated rings. The maximum Gasteiger partial charge on any atom is 0.354 e. The van der Waals surface area contributed by atoms with Gasteiger partial charge >= 0.3 is 5.97 Å². The standard InChI is InChI=1S/C11H16N2O2/c1-7(2)6-13-10(11(14)15)8-4-3-5-9(8)12-13/h7H,3-6H2,1-2H3,(H,14,15). The Labute approximate surface area is 88.9 Å². The maximum absolute atomic E-state index is 11.2. The summed E-state index contributed by atoms with van der Waals surface area (Å²) < 4.78 is 1.66. The molecule has 4 heteroatoms. The van der Waals surface area contributed by atoms with Crippen LogP contribution in [0.15, 0.2) is 0 Å². The number of rotatable bonds is 3. The minimum atomic E-state index is -0.841. The average Bonchev–Trinajstić information content (AvgIpc) is 2.60. The molecular formula is C11H16N2O2. The lowest BCUT2D eigenvalue weighted by Gasteiger charge is -2.08. The van der Waals surface area contributed by atoms with Crippen molar-refractivity contribution in [2.45, 2.75) is 39.7 Å². The summed E-state index contributed by atoms with van der Waals surface area (Å²) in [6.07, 6.45) is 2.84. The average molecular weight is 208 g/mol. The van der Waals surface area contributed by atoms with Crippen molar-refractivity contribution in [1.82, 2.24) is 9.78 Å². The minimum absolute atomic E-state index is 0.413. The number of aromatic nitrogens is 2. The largest absolute Gasteiger partial charge is 0.477 e. The van der Waals surface area contributed by atoms with E-state index in [1.165, 1.54) is 0 Å². The molecule has 0 aromatic carbocycles. The van der Waals surface area contributed by atoms with Gasteiger partial charge in [-0.25, -0.2) is 4.79 Å². The van der Waals surface area contributed by atoms with Crippen LogP contribution in [0.5, 0.6) is 0 Å². The third-order valence-electron chi connectivity index (χ3n) is 2.71. The van der Waals surface area contributed by atoms with Gasteiger partial charge in [-0.3, -0.25) is 4.68 Å². The van der Waals surface area contributed by atoms with Crippen molar-refractivity contribution in [3.8, 4) is 0 Å². The molecule has 0 saturated heterocycles. The lowest BCUT2D eigenvalue weighted by atomic mass is 10.2. The Morgan fingerprint density at radius 3 is 2.87 bits per heavy atom. The smallest absolute Gasteiger partial charge is 0.354 e. The SMILES string of the molecule is CC(C)Cn1nc2c(c1C(=O)O)CCC2. The zero-order chi connectivity index (χ0) is 11.0. The first-order valence-electron chi connectivity index (χ1n) is 5.41. The van der Waals surface area contributed by atoms with Crippen molar-refractivity contribution in [1.29, 1.82) is 0 Å². The summed E-state index contributed by atoms with van der Waals surface area (Å²) in [5.74, 6) is -0.422. The Morgan fingerprint density at radius 2 is 2.27 bits per heavy atom. The molecule has 1 heterocycles. The second-order valence-electron chi connectivity index (χ2n) is 4.51. The van der Waals surface area contributed by atoms with E-state index in [9.17, 15) is 9.90 Å². The van der Waals surface area contributed by atoms with Crippen molar-refractivity contribution in [2.75, 3.05) is 0 Å². The highest BCUT2D eigenvalue weighted by Gasteiger charge is 2.26. The van der Waals surface area contributed by atoms with E-state index in [0.29, 0.717) is 18.2 Å². The van der Waals surface area contributed by atoms with Gasteiger partial charge < -0.3 is 5.11 Å². The predicted molar refractivity (Wildman–Crippen MR) is 56.0 cm³/mol. The molecule has 0 atom stereocenters. The van der Waals surface area contributed by atoms with Gasteiger partial charge in [0.1, 0.15) is 5.69 Å². The number of aromatic carboxylic acids is 1. The molecule has 0 bridgehead atoms. The summed E-state index contributed by atoms with van der Waals surface area (Å²) in [4.78, 5) is 11.2. The molecule has 1 aliphatic carbocycles. The van der Waals surface area contributed by atoms with Crippen LogP contribution in [0.4, 0.5) is 0 Å². The molecule has 1 aromatic heterocycles. The molecule has 4 nitrogen and oxygen atoms in total. The molecule has 0 amide bonds. The number of nitrogens with zero attached hydrogens (tertiary/aromatic N) is 2. The fourth-order valence-corrected chi connectivity index (χ4v) is 2.16. The number of carbonyl (C=O) groups is 1. The second kappa shape index (κ2) is 3.68. The number of carboxylic acids is 1. The zero-order valence-electron chi connectivity index (χ0n) is 9.16. The summed E-state index contributed by atoms with van der Waals surface area (Å²) >= 11 is 0. The van der Waals surface area contributed by atoms with Gasteiger partial charge in [0.05, 0.1) is 5.69 Å². The quantitative estimate of drug-likeness (QED) is 0.823. The van der Waals surface area contributed by atoms with Crippen molar-refractivity contribution < 1.29 is 9.90 Å². The minimum Gasteiger partial charge on any atom is -0.477 e. The Balaban J connectivity index is 2.42. The van der Waals surface area contributed by atoms with Crippen LogP contribution in [-0.4, -0.2) is 20.9 Å². The summed E-state index contributed by atoms with van der Waals surface area (Å²) in [6, 6.07) is 0. The van der Waals surface area contributed by atoms with Gasteiger partial charge in [-0.1, -0.05) is 13.8 Å². The van der Waals surface area contributed by atoms with Crippen molar-refractivity contribution in [3.05, 3.63) is 17.0 Å². The van der Waals surface area contributed by atoms with E-state index in [1.54, 1.807) is 4.68 Å². The molecule has 0 radical (unpaired) electrons. The van der Waals surface area contributed by atoms with E-state index < -0.39 is 5.97 Å². The molecule has 82 valence electrons. The Bertz CT molecular complexity index is 394. The molecule has 1 N–H and O–H groups in total. The number of hydrogen-bond donors (Lipinski definition) is 1. The summed E-state index contributed by atoms with van der Waals surface area (Å²) in [7, 11) is 0.